The molecule has 1 aromatic heterocycles. The zero-order chi connectivity index (χ0) is 15.0. The molecule has 0 radical (unpaired) electrons. The molecule has 0 aliphatic carbocycles. The van der Waals surface area contributed by atoms with Crippen molar-refractivity contribution in [3.63, 3.8) is 0 Å². The van der Waals surface area contributed by atoms with Crippen LogP contribution in [0, 0.1) is 0 Å². The Hall–Kier alpha value is -1.55. The highest BCUT2D eigenvalue weighted by atomic mass is 32.2. The minimum Gasteiger partial charge on any atom is -0.370 e. The molecule has 112 valence electrons. The van der Waals surface area contributed by atoms with Crippen LogP contribution in [0.1, 0.15) is 6.42 Å². The summed E-state index contributed by atoms with van der Waals surface area (Å²) in [6, 6.07) is 0. The van der Waals surface area contributed by atoms with Crippen molar-refractivity contribution in [3.05, 3.63) is 12.4 Å². The Labute approximate surface area is 118 Å². The van der Waals surface area contributed by atoms with Crippen molar-refractivity contribution in [3.8, 4) is 0 Å². The molecular formula is C10H15F3N6S. The number of aromatic nitrogens is 2. The Kier molecular flexibility index (Phi) is 6.52. The molecule has 10 heteroatoms. The lowest BCUT2D eigenvalue weighted by molar-refractivity contribution is -0.118. The van der Waals surface area contributed by atoms with Gasteiger partial charge < -0.3 is 16.8 Å². The van der Waals surface area contributed by atoms with Crippen molar-refractivity contribution < 1.29 is 13.2 Å². The average Bonchev–Trinajstić information content (AvgIpc) is 2.36. The van der Waals surface area contributed by atoms with Crippen LogP contribution in [0.25, 0.3) is 0 Å². The highest BCUT2D eigenvalue weighted by Gasteiger charge is 2.26. The molecule has 0 atom stereocenters. The number of rotatable bonds is 6. The molecule has 6 nitrogen and oxygen atoms in total. The monoisotopic (exact) mass is 308 g/mol. The van der Waals surface area contributed by atoms with Gasteiger partial charge in [-0.3, -0.25) is 4.98 Å². The van der Waals surface area contributed by atoms with E-state index in [-0.39, 0.29) is 11.8 Å². The van der Waals surface area contributed by atoms with Gasteiger partial charge in [0.15, 0.2) is 11.8 Å². The van der Waals surface area contributed by atoms with Gasteiger partial charge in [-0.1, -0.05) is 0 Å². The minimum atomic E-state index is -4.39. The number of thioether (sulfide) groups is 1. The van der Waals surface area contributed by atoms with Gasteiger partial charge >= 0.3 is 6.18 Å². The van der Waals surface area contributed by atoms with E-state index in [4.69, 9.17) is 11.5 Å². The SMILES string of the molecule is NCCCSc1cncc(N/C(N)=N\CC(F)(F)F)n1. The molecule has 20 heavy (non-hydrogen) atoms. The van der Waals surface area contributed by atoms with E-state index in [9.17, 15) is 13.2 Å². The zero-order valence-electron chi connectivity index (χ0n) is 10.5. The van der Waals surface area contributed by atoms with Crippen LogP contribution in [0.5, 0.6) is 0 Å². The van der Waals surface area contributed by atoms with Crippen LogP contribution < -0.4 is 16.8 Å². The second-order valence-corrected chi connectivity index (χ2v) is 4.79. The van der Waals surface area contributed by atoms with Crippen molar-refractivity contribution in [2.24, 2.45) is 16.5 Å². The summed E-state index contributed by atoms with van der Waals surface area (Å²) in [4.78, 5) is 11.2. The molecule has 0 saturated heterocycles. The summed E-state index contributed by atoms with van der Waals surface area (Å²) in [5.74, 6) is 0.665. The fourth-order valence-corrected chi connectivity index (χ4v) is 1.90. The van der Waals surface area contributed by atoms with Crippen molar-refractivity contribution in [1.29, 1.82) is 0 Å². The number of hydrogen-bond acceptors (Lipinski definition) is 5. The first-order valence-electron chi connectivity index (χ1n) is 5.69. The summed E-state index contributed by atoms with van der Waals surface area (Å²) in [5, 5.41) is 3.09. The van der Waals surface area contributed by atoms with Crippen LogP contribution in [0.2, 0.25) is 0 Å². The predicted molar refractivity (Wildman–Crippen MR) is 72.6 cm³/mol. The van der Waals surface area contributed by atoms with E-state index in [2.05, 4.69) is 20.3 Å². The summed E-state index contributed by atoms with van der Waals surface area (Å²) < 4.78 is 35.9. The summed E-state index contributed by atoms with van der Waals surface area (Å²) in [7, 11) is 0. The number of hydrogen-bond donors (Lipinski definition) is 3. The van der Waals surface area contributed by atoms with Gasteiger partial charge in [0.1, 0.15) is 11.6 Å². The maximum absolute atomic E-state index is 12.0. The van der Waals surface area contributed by atoms with Gasteiger partial charge in [-0.05, 0) is 13.0 Å². The maximum atomic E-state index is 12.0. The lowest BCUT2D eigenvalue weighted by Gasteiger charge is -2.07. The summed E-state index contributed by atoms with van der Waals surface area (Å²) in [5.41, 5.74) is 10.7. The first-order valence-corrected chi connectivity index (χ1v) is 6.68. The number of halogens is 3. The molecule has 0 saturated carbocycles. The molecule has 0 bridgehead atoms. The van der Waals surface area contributed by atoms with Crippen LogP contribution >= 0.6 is 11.8 Å². The largest absolute Gasteiger partial charge is 0.408 e. The molecular weight excluding hydrogens is 293 g/mol. The van der Waals surface area contributed by atoms with Gasteiger partial charge in [-0.25, -0.2) is 9.98 Å². The molecule has 0 aliphatic heterocycles. The lowest BCUT2D eigenvalue weighted by atomic mass is 10.5. The third kappa shape index (κ3) is 7.14. The third-order valence-corrected chi connectivity index (χ3v) is 2.88. The average molecular weight is 308 g/mol. The number of nitrogens with two attached hydrogens (primary N) is 2. The van der Waals surface area contributed by atoms with Gasteiger partial charge in [0.25, 0.3) is 0 Å². The quantitative estimate of drug-likeness (QED) is 0.316. The number of aliphatic imine (C=N–C) groups is 1. The Morgan fingerprint density at radius 1 is 1.40 bits per heavy atom. The molecule has 0 fully saturated rings. The second-order valence-electron chi connectivity index (χ2n) is 3.67. The Balaban J connectivity index is 2.57. The highest BCUT2D eigenvalue weighted by molar-refractivity contribution is 7.99. The maximum Gasteiger partial charge on any atom is 0.408 e. The summed E-state index contributed by atoms with van der Waals surface area (Å²) in [6.07, 6.45) is -0.657. The molecule has 1 aromatic rings. The number of anilines is 1. The van der Waals surface area contributed by atoms with Crippen LogP contribution in [0.4, 0.5) is 19.0 Å². The predicted octanol–water partition coefficient (Wildman–Crippen LogP) is 1.21. The van der Waals surface area contributed by atoms with Crippen LogP contribution in [-0.2, 0) is 0 Å². The van der Waals surface area contributed by atoms with E-state index in [1.54, 1.807) is 6.20 Å². The Morgan fingerprint density at radius 3 is 2.80 bits per heavy atom. The molecule has 1 rings (SSSR count). The highest BCUT2D eigenvalue weighted by Crippen LogP contribution is 2.17. The van der Waals surface area contributed by atoms with E-state index in [1.807, 2.05) is 0 Å². The van der Waals surface area contributed by atoms with Crippen molar-refractivity contribution >= 4 is 23.5 Å². The first-order chi connectivity index (χ1) is 9.40. The van der Waals surface area contributed by atoms with Crippen LogP contribution in [-0.4, -0.2) is 40.9 Å². The van der Waals surface area contributed by atoms with Gasteiger partial charge in [0.2, 0.25) is 0 Å². The van der Waals surface area contributed by atoms with Gasteiger partial charge in [0.05, 0.1) is 12.4 Å². The van der Waals surface area contributed by atoms with Crippen molar-refractivity contribution in [1.82, 2.24) is 9.97 Å². The van der Waals surface area contributed by atoms with Crippen molar-refractivity contribution in [2.45, 2.75) is 17.6 Å². The number of guanidine groups is 1. The summed E-state index contributed by atoms with van der Waals surface area (Å²) >= 11 is 1.45. The summed E-state index contributed by atoms with van der Waals surface area (Å²) in [6.45, 7) is -0.764. The standard InChI is InChI=1S/C10H15F3N6S/c11-10(12,13)6-17-9(15)19-7-4-16-5-8(18-7)20-3-1-2-14/h4-5H,1-3,6,14H2,(H3,15,17,18,19). The van der Waals surface area contributed by atoms with Crippen LogP contribution in [0.3, 0.4) is 0 Å². The fraction of sp³-hybridized carbons (Fsp3) is 0.500. The van der Waals surface area contributed by atoms with E-state index >= 15 is 0 Å². The van der Waals surface area contributed by atoms with Gasteiger partial charge in [-0.2, -0.15) is 13.2 Å². The van der Waals surface area contributed by atoms with Crippen molar-refractivity contribution in [2.75, 3.05) is 24.2 Å². The second kappa shape index (κ2) is 7.90. The topological polar surface area (TPSA) is 102 Å². The molecule has 0 unspecified atom stereocenters. The molecule has 0 spiro atoms. The number of alkyl halides is 3. The smallest absolute Gasteiger partial charge is 0.370 e. The normalized spacial score (nSPS) is 12.5. The Bertz CT molecular complexity index is 451. The Morgan fingerprint density at radius 2 is 2.15 bits per heavy atom. The molecule has 0 amide bonds. The number of nitrogens with one attached hydrogen (secondary N) is 1. The van der Waals surface area contributed by atoms with E-state index in [0.29, 0.717) is 11.6 Å². The molecule has 5 N–H and O–H groups in total. The fourth-order valence-electron chi connectivity index (χ4n) is 1.08. The van der Waals surface area contributed by atoms with E-state index < -0.39 is 12.7 Å². The molecule has 1 heterocycles. The molecule has 0 aromatic carbocycles. The molecule has 0 aliphatic rings. The van der Waals surface area contributed by atoms with Gasteiger partial charge in [-0.15, -0.1) is 11.8 Å². The van der Waals surface area contributed by atoms with Crippen LogP contribution in [0.15, 0.2) is 22.4 Å². The third-order valence-electron chi connectivity index (χ3n) is 1.90. The van der Waals surface area contributed by atoms with E-state index in [0.717, 1.165) is 12.2 Å². The minimum absolute atomic E-state index is 0.242. The lowest BCUT2D eigenvalue weighted by Crippen LogP contribution is -2.26. The van der Waals surface area contributed by atoms with E-state index in [1.165, 1.54) is 18.0 Å². The van der Waals surface area contributed by atoms with Gasteiger partial charge in [0, 0.05) is 5.75 Å². The zero-order valence-corrected chi connectivity index (χ0v) is 11.3. The number of nitrogens with zero attached hydrogens (tertiary/aromatic N) is 3. The first kappa shape index (κ1) is 16.5.